The third kappa shape index (κ3) is 5.69. The van der Waals surface area contributed by atoms with E-state index in [2.05, 4.69) is 175 Å². The molecule has 0 fully saturated rings. The summed E-state index contributed by atoms with van der Waals surface area (Å²) in [5.41, 5.74) is 15.0. The fraction of sp³-hybridized carbons (Fsp3) is 0.106. The highest BCUT2D eigenvalue weighted by Gasteiger charge is 2.26. The first-order valence-corrected chi connectivity index (χ1v) is 17.6. The smallest absolute Gasteiger partial charge is 0.292 e. The van der Waals surface area contributed by atoms with Crippen LogP contribution < -0.4 is 9.47 Å². The molecule has 7 aromatic rings. The van der Waals surface area contributed by atoms with Crippen LogP contribution in [0.25, 0.3) is 33.0 Å². The van der Waals surface area contributed by atoms with Crippen molar-refractivity contribution in [1.82, 2.24) is 0 Å². The summed E-state index contributed by atoms with van der Waals surface area (Å²) in [4.78, 5) is 0. The minimum atomic E-state index is 0.516. The molecule has 0 atom stereocenters. The fourth-order valence-corrected chi connectivity index (χ4v) is 7.71. The number of hydrogen-bond acceptors (Lipinski definition) is 2. The molecule has 2 aliphatic heterocycles. The van der Waals surface area contributed by atoms with Crippen LogP contribution in [0, 0.1) is 13.8 Å². The maximum absolute atomic E-state index is 6.25. The summed E-state index contributed by atoms with van der Waals surface area (Å²) in [6.45, 7) is 5.35. The number of aryl methyl sites for hydroxylation is 2. The van der Waals surface area contributed by atoms with Gasteiger partial charge in [-0.05, 0) is 71.7 Å². The van der Waals surface area contributed by atoms with E-state index in [0.29, 0.717) is 13.5 Å². The van der Waals surface area contributed by atoms with E-state index in [-0.39, 0.29) is 0 Å². The lowest BCUT2D eigenvalue weighted by atomic mass is 10.0. The molecule has 4 nitrogen and oxygen atoms in total. The minimum Gasteiger partial charge on any atom is -0.434 e. The van der Waals surface area contributed by atoms with Crippen molar-refractivity contribution < 1.29 is 18.6 Å². The van der Waals surface area contributed by atoms with Gasteiger partial charge in [-0.3, -0.25) is 0 Å². The number of nitrogens with zero attached hydrogens (tertiary/aromatic N) is 2. The Labute approximate surface area is 298 Å². The van der Waals surface area contributed by atoms with Gasteiger partial charge in [0.15, 0.2) is 12.4 Å². The lowest BCUT2D eigenvalue weighted by Crippen LogP contribution is -2.22. The molecule has 4 heteroatoms. The highest BCUT2D eigenvalue weighted by molar-refractivity contribution is 5.97. The van der Waals surface area contributed by atoms with Crippen LogP contribution in [0.1, 0.15) is 33.4 Å². The summed E-state index contributed by atoms with van der Waals surface area (Å²) in [5, 5.41) is 2.40. The lowest BCUT2D eigenvalue weighted by molar-refractivity contribution is -0.476. The van der Waals surface area contributed by atoms with Gasteiger partial charge in [-0.1, -0.05) is 115 Å². The van der Waals surface area contributed by atoms with E-state index < -0.39 is 0 Å². The van der Waals surface area contributed by atoms with E-state index in [1.165, 1.54) is 61.1 Å². The molecule has 0 saturated heterocycles. The molecule has 0 radical (unpaired) electrons. The second kappa shape index (κ2) is 12.9. The van der Waals surface area contributed by atoms with Crippen molar-refractivity contribution in [2.24, 2.45) is 0 Å². The first kappa shape index (κ1) is 30.8. The van der Waals surface area contributed by atoms with Crippen molar-refractivity contribution in [1.29, 1.82) is 0 Å². The standard InChI is InChI=1S/C27H20NO.C20H18NO/c1-2-7-19(8-3-1)26-12-6-10-21-17-28(18-29-27(21)26)23-13-14-25-22(16-23)15-20-9-4-5-11-24(20)25;1-14-6-5-7-15(2)19(14)21-12-17-11-10-16-8-3-4-9-18(16)20(17)22-13-21/h1-14,16-17H,15,18H2;3-12H,13H2,1-2H3/q2*+1. The third-order valence-electron chi connectivity index (χ3n) is 10.2. The van der Waals surface area contributed by atoms with Gasteiger partial charge in [-0.15, -0.1) is 0 Å². The normalized spacial score (nSPS) is 13.6. The second-order valence-electron chi connectivity index (χ2n) is 13.5. The van der Waals surface area contributed by atoms with Crippen LogP contribution in [0.15, 0.2) is 146 Å². The Balaban J connectivity index is 0.000000142. The van der Waals surface area contributed by atoms with E-state index in [4.69, 9.17) is 9.47 Å². The van der Waals surface area contributed by atoms with Crippen molar-refractivity contribution in [2.45, 2.75) is 20.3 Å². The molecule has 0 amide bonds. The van der Waals surface area contributed by atoms with Gasteiger partial charge in [-0.25, -0.2) is 0 Å². The molecular weight excluding hydrogens is 625 g/mol. The van der Waals surface area contributed by atoms with Gasteiger partial charge in [0.2, 0.25) is 11.4 Å². The molecule has 0 aromatic heterocycles. The van der Waals surface area contributed by atoms with Gasteiger partial charge in [0.25, 0.3) is 13.5 Å². The zero-order valence-electron chi connectivity index (χ0n) is 28.8. The first-order valence-electron chi connectivity index (χ1n) is 17.6. The van der Waals surface area contributed by atoms with Crippen LogP contribution in [0.3, 0.4) is 0 Å². The van der Waals surface area contributed by atoms with E-state index in [1.54, 1.807) is 0 Å². The summed E-state index contributed by atoms with van der Waals surface area (Å²) >= 11 is 0. The number of rotatable bonds is 3. The van der Waals surface area contributed by atoms with Crippen molar-refractivity contribution in [3.8, 4) is 33.8 Å². The molecule has 10 rings (SSSR count). The van der Waals surface area contributed by atoms with Crippen LogP contribution >= 0.6 is 0 Å². The quantitative estimate of drug-likeness (QED) is 0.176. The molecule has 2 heterocycles. The second-order valence-corrected chi connectivity index (χ2v) is 13.5. The van der Waals surface area contributed by atoms with Crippen LogP contribution in [-0.2, 0) is 6.42 Å². The molecule has 51 heavy (non-hydrogen) atoms. The minimum absolute atomic E-state index is 0.516. The molecule has 0 unspecified atom stereocenters. The van der Waals surface area contributed by atoms with Crippen molar-refractivity contribution in [3.05, 3.63) is 179 Å². The van der Waals surface area contributed by atoms with Crippen molar-refractivity contribution >= 4 is 34.6 Å². The summed E-state index contributed by atoms with van der Waals surface area (Å²) in [6, 6.07) is 51.3. The van der Waals surface area contributed by atoms with Gasteiger partial charge in [0, 0.05) is 34.2 Å². The Morgan fingerprint density at radius 2 is 1.16 bits per heavy atom. The van der Waals surface area contributed by atoms with Crippen LogP contribution in [0.2, 0.25) is 0 Å². The van der Waals surface area contributed by atoms with E-state index in [9.17, 15) is 0 Å². The maximum Gasteiger partial charge on any atom is 0.292 e. The summed E-state index contributed by atoms with van der Waals surface area (Å²) < 4.78 is 16.8. The average molecular weight is 663 g/mol. The molecular formula is C47H38N2O2+2. The van der Waals surface area contributed by atoms with Crippen LogP contribution in [0.5, 0.6) is 11.5 Å². The van der Waals surface area contributed by atoms with Crippen LogP contribution in [-0.4, -0.2) is 35.0 Å². The Hall–Kier alpha value is -6.26. The van der Waals surface area contributed by atoms with Gasteiger partial charge in [-0.2, -0.15) is 9.15 Å². The first-order chi connectivity index (χ1) is 25.1. The molecule has 7 aromatic carbocycles. The summed E-state index contributed by atoms with van der Waals surface area (Å²) in [6.07, 6.45) is 5.40. The number of hydrogen-bond donors (Lipinski definition) is 0. The molecule has 1 aliphatic carbocycles. The zero-order valence-corrected chi connectivity index (χ0v) is 28.8. The highest BCUT2D eigenvalue weighted by Crippen LogP contribution is 2.39. The fourth-order valence-electron chi connectivity index (χ4n) is 7.71. The molecule has 0 bridgehead atoms. The average Bonchev–Trinajstić information content (AvgIpc) is 3.56. The highest BCUT2D eigenvalue weighted by atomic mass is 16.5. The Kier molecular flexibility index (Phi) is 7.78. The summed E-state index contributed by atoms with van der Waals surface area (Å²) in [7, 11) is 0. The maximum atomic E-state index is 6.25. The SMILES string of the molecule is C1=[N+](c2ccc3c(c2)Cc2ccccc2-3)COc2c1cccc2-c1ccccc1.Cc1cccc(C)c1[N+]1=Cc2ccc3ccccc3c2OC1. The van der Waals surface area contributed by atoms with Gasteiger partial charge < -0.3 is 9.47 Å². The van der Waals surface area contributed by atoms with Gasteiger partial charge in [0.1, 0.15) is 11.5 Å². The topological polar surface area (TPSA) is 24.5 Å². The Morgan fingerprint density at radius 1 is 0.490 bits per heavy atom. The largest absolute Gasteiger partial charge is 0.434 e. The predicted octanol–water partition coefficient (Wildman–Crippen LogP) is 10.6. The van der Waals surface area contributed by atoms with E-state index in [1.807, 2.05) is 6.07 Å². The zero-order chi connectivity index (χ0) is 34.3. The van der Waals surface area contributed by atoms with E-state index in [0.717, 1.165) is 34.6 Å². The number of ether oxygens (including phenoxy) is 2. The Bertz CT molecular complexity index is 2510. The molecule has 246 valence electrons. The molecule has 0 spiro atoms. The number of para-hydroxylation sites is 2. The van der Waals surface area contributed by atoms with Gasteiger partial charge in [0.05, 0.1) is 11.1 Å². The third-order valence-corrected chi connectivity index (χ3v) is 10.2. The molecule has 0 saturated carbocycles. The lowest BCUT2D eigenvalue weighted by Gasteiger charge is -2.17. The van der Waals surface area contributed by atoms with Gasteiger partial charge >= 0.3 is 0 Å². The van der Waals surface area contributed by atoms with Crippen molar-refractivity contribution in [2.75, 3.05) is 13.5 Å². The number of fused-ring (bicyclic) bond motifs is 7. The van der Waals surface area contributed by atoms with Crippen molar-refractivity contribution in [3.63, 3.8) is 0 Å². The summed E-state index contributed by atoms with van der Waals surface area (Å²) in [5.74, 6) is 1.95. The van der Waals surface area contributed by atoms with Crippen LogP contribution in [0.4, 0.5) is 11.4 Å². The number of benzene rings is 7. The molecule has 0 N–H and O–H groups in total. The Morgan fingerprint density at radius 3 is 2.04 bits per heavy atom. The monoisotopic (exact) mass is 662 g/mol. The van der Waals surface area contributed by atoms with E-state index >= 15 is 0 Å². The molecule has 3 aliphatic rings. The predicted molar refractivity (Wildman–Crippen MR) is 208 cm³/mol.